The van der Waals surface area contributed by atoms with Crippen molar-refractivity contribution < 1.29 is 13.2 Å². The van der Waals surface area contributed by atoms with Gasteiger partial charge in [0, 0.05) is 37.6 Å². The number of rotatable bonds is 3. The van der Waals surface area contributed by atoms with Gasteiger partial charge in [0.15, 0.2) is 9.84 Å². The molecule has 0 aliphatic carbocycles. The lowest BCUT2D eigenvalue weighted by Gasteiger charge is -2.33. The van der Waals surface area contributed by atoms with E-state index in [-0.39, 0.29) is 29.6 Å². The van der Waals surface area contributed by atoms with E-state index in [1.165, 1.54) is 0 Å². The second-order valence-electron chi connectivity index (χ2n) is 6.05. The highest BCUT2D eigenvalue weighted by Crippen LogP contribution is 2.15. The van der Waals surface area contributed by atoms with Crippen LogP contribution in [0.15, 0.2) is 18.5 Å². The number of urea groups is 1. The van der Waals surface area contributed by atoms with Crippen molar-refractivity contribution in [2.24, 2.45) is 0 Å². The van der Waals surface area contributed by atoms with Crippen LogP contribution in [0.25, 0.3) is 0 Å². The highest BCUT2D eigenvalue weighted by molar-refractivity contribution is 7.91. The molecule has 1 aromatic heterocycles. The number of anilines is 1. The van der Waals surface area contributed by atoms with Crippen LogP contribution < -0.4 is 15.5 Å². The van der Waals surface area contributed by atoms with Gasteiger partial charge in [-0.25, -0.2) is 23.2 Å². The van der Waals surface area contributed by atoms with Gasteiger partial charge in [0.1, 0.15) is 0 Å². The zero-order valence-electron chi connectivity index (χ0n) is 12.8. The van der Waals surface area contributed by atoms with E-state index in [4.69, 9.17) is 0 Å². The van der Waals surface area contributed by atoms with Crippen molar-refractivity contribution in [3.8, 4) is 0 Å². The molecule has 126 valence electrons. The maximum Gasteiger partial charge on any atom is 0.315 e. The van der Waals surface area contributed by atoms with Gasteiger partial charge in [-0.15, -0.1) is 0 Å². The molecule has 2 aliphatic heterocycles. The molecule has 0 spiro atoms. The van der Waals surface area contributed by atoms with E-state index < -0.39 is 9.84 Å². The second-order valence-corrected chi connectivity index (χ2v) is 8.28. The molecule has 1 aromatic rings. The smallest absolute Gasteiger partial charge is 0.315 e. The van der Waals surface area contributed by atoms with Gasteiger partial charge in [0.05, 0.1) is 11.5 Å². The lowest BCUT2D eigenvalue weighted by atomic mass is 10.1. The zero-order valence-corrected chi connectivity index (χ0v) is 13.6. The van der Waals surface area contributed by atoms with E-state index in [1.54, 1.807) is 18.5 Å². The molecule has 2 N–H and O–H groups in total. The standard InChI is InChI=1S/C14H21N5O3S/c20-14(18-12-4-8-23(21,22)10-12)17-11-3-1-7-19(9-11)13-15-5-2-6-16-13/h2,5-6,11-12H,1,3-4,7-10H2,(H2,17,18,20)/t11-,12-/m0/s1. The Kier molecular flexibility index (Phi) is 4.65. The number of aromatic nitrogens is 2. The van der Waals surface area contributed by atoms with Gasteiger partial charge in [0.2, 0.25) is 5.95 Å². The summed E-state index contributed by atoms with van der Waals surface area (Å²) in [5.41, 5.74) is 0. The molecule has 0 saturated carbocycles. The molecular formula is C14H21N5O3S. The van der Waals surface area contributed by atoms with Gasteiger partial charge in [-0.3, -0.25) is 0 Å². The summed E-state index contributed by atoms with van der Waals surface area (Å²) < 4.78 is 22.8. The van der Waals surface area contributed by atoms with Crippen LogP contribution in [0.4, 0.5) is 10.7 Å². The monoisotopic (exact) mass is 339 g/mol. The van der Waals surface area contributed by atoms with Crippen molar-refractivity contribution in [1.82, 2.24) is 20.6 Å². The highest BCUT2D eigenvalue weighted by Gasteiger charge is 2.30. The van der Waals surface area contributed by atoms with Crippen LogP contribution in [0.1, 0.15) is 19.3 Å². The van der Waals surface area contributed by atoms with Crippen LogP contribution in [0.5, 0.6) is 0 Å². The van der Waals surface area contributed by atoms with Crippen molar-refractivity contribution in [2.75, 3.05) is 29.5 Å². The number of carbonyl (C=O) groups excluding carboxylic acids is 1. The lowest BCUT2D eigenvalue weighted by Crippen LogP contribution is -2.52. The molecule has 0 radical (unpaired) electrons. The molecule has 2 amide bonds. The van der Waals surface area contributed by atoms with E-state index >= 15 is 0 Å². The Morgan fingerprint density at radius 3 is 2.61 bits per heavy atom. The van der Waals surface area contributed by atoms with E-state index in [0.717, 1.165) is 19.4 Å². The van der Waals surface area contributed by atoms with Gasteiger partial charge in [0.25, 0.3) is 0 Å². The van der Waals surface area contributed by atoms with Crippen molar-refractivity contribution in [2.45, 2.75) is 31.3 Å². The molecule has 8 nitrogen and oxygen atoms in total. The summed E-state index contributed by atoms with van der Waals surface area (Å²) in [6, 6.07) is 1.20. The van der Waals surface area contributed by atoms with Crippen LogP contribution in [0, 0.1) is 0 Å². The van der Waals surface area contributed by atoms with Gasteiger partial charge >= 0.3 is 6.03 Å². The lowest BCUT2D eigenvalue weighted by molar-refractivity contribution is 0.232. The van der Waals surface area contributed by atoms with E-state index in [0.29, 0.717) is 18.9 Å². The molecule has 0 aromatic carbocycles. The SMILES string of the molecule is O=C(N[C@H]1CCCN(c2ncccn2)C1)N[C@H]1CCS(=O)(=O)C1. The summed E-state index contributed by atoms with van der Waals surface area (Å²) in [4.78, 5) is 22.6. The van der Waals surface area contributed by atoms with Crippen molar-refractivity contribution >= 4 is 21.8 Å². The van der Waals surface area contributed by atoms with Gasteiger partial charge < -0.3 is 15.5 Å². The Labute approximate surface area is 135 Å². The molecule has 23 heavy (non-hydrogen) atoms. The average molecular weight is 339 g/mol. The number of hydrogen-bond donors (Lipinski definition) is 2. The first-order chi connectivity index (χ1) is 11.0. The van der Waals surface area contributed by atoms with Gasteiger partial charge in [-0.2, -0.15) is 0 Å². The normalized spacial score (nSPS) is 26.7. The molecule has 2 saturated heterocycles. The predicted molar refractivity (Wildman–Crippen MR) is 86.0 cm³/mol. The molecule has 9 heteroatoms. The Balaban J connectivity index is 1.50. The number of amides is 2. The number of nitrogens with zero attached hydrogens (tertiary/aromatic N) is 3. The summed E-state index contributed by atoms with van der Waals surface area (Å²) >= 11 is 0. The summed E-state index contributed by atoms with van der Waals surface area (Å²) in [6.45, 7) is 1.52. The predicted octanol–water partition coefficient (Wildman–Crippen LogP) is -0.0683. The number of sulfone groups is 1. The molecule has 0 bridgehead atoms. The third-order valence-corrected chi connectivity index (χ3v) is 5.93. The molecule has 2 aliphatic rings. The van der Waals surface area contributed by atoms with Crippen molar-refractivity contribution in [3.63, 3.8) is 0 Å². The highest BCUT2D eigenvalue weighted by atomic mass is 32.2. The minimum Gasteiger partial charge on any atom is -0.339 e. The third-order valence-electron chi connectivity index (χ3n) is 4.16. The average Bonchev–Trinajstić information content (AvgIpc) is 2.87. The van der Waals surface area contributed by atoms with Crippen LogP contribution in [0.3, 0.4) is 0 Å². The molecule has 0 unspecified atom stereocenters. The molecule has 2 atom stereocenters. The fraction of sp³-hybridized carbons (Fsp3) is 0.643. The molecular weight excluding hydrogens is 318 g/mol. The van der Waals surface area contributed by atoms with Crippen molar-refractivity contribution in [3.05, 3.63) is 18.5 Å². The second kappa shape index (κ2) is 6.69. The largest absolute Gasteiger partial charge is 0.339 e. The maximum atomic E-state index is 12.1. The van der Waals surface area contributed by atoms with Crippen LogP contribution in [0.2, 0.25) is 0 Å². The Hall–Kier alpha value is -1.90. The van der Waals surface area contributed by atoms with Gasteiger partial charge in [-0.05, 0) is 25.3 Å². The first-order valence-corrected chi connectivity index (χ1v) is 9.63. The summed E-state index contributed by atoms with van der Waals surface area (Å²) in [5, 5.41) is 5.69. The topological polar surface area (TPSA) is 104 Å². The van der Waals surface area contributed by atoms with Crippen LogP contribution in [-0.4, -0.2) is 61.1 Å². The summed E-state index contributed by atoms with van der Waals surface area (Å²) in [6.07, 6.45) is 5.73. The first kappa shape index (κ1) is 16.0. The minimum absolute atomic E-state index is 0.00515. The fourth-order valence-electron chi connectivity index (χ4n) is 3.05. The van der Waals surface area contributed by atoms with E-state index in [9.17, 15) is 13.2 Å². The molecule has 2 fully saturated rings. The quantitative estimate of drug-likeness (QED) is 0.799. The number of carbonyl (C=O) groups is 1. The van der Waals surface area contributed by atoms with E-state index in [2.05, 4.69) is 25.5 Å². The van der Waals surface area contributed by atoms with Crippen LogP contribution >= 0.6 is 0 Å². The minimum atomic E-state index is -2.99. The number of nitrogens with one attached hydrogen (secondary N) is 2. The number of piperidine rings is 1. The van der Waals surface area contributed by atoms with E-state index in [1.807, 2.05) is 0 Å². The summed E-state index contributed by atoms with van der Waals surface area (Å²) in [7, 11) is -2.99. The number of hydrogen-bond acceptors (Lipinski definition) is 6. The first-order valence-electron chi connectivity index (χ1n) is 7.81. The maximum absolute atomic E-state index is 12.1. The van der Waals surface area contributed by atoms with Crippen molar-refractivity contribution in [1.29, 1.82) is 0 Å². The Morgan fingerprint density at radius 2 is 1.91 bits per heavy atom. The Bertz CT molecular complexity index is 652. The molecule has 3 rings (SSSR count). The fourth-order valence-corrected chi connectivity index (χ4v) is 4.73. The third kappa shape index (κ3) is 4.31. The Morgan fingerprint density at radius 1 is 1.17 bits per heavy atom. The zero-order chi connectivity index (χ0) is 16.3. The van der Waals surface area contributed by atoms with Gasteiger partial charge in [-0.1, -0.05) is 0 Å². The van der Waals surface area contributed by atoms with Crippen LogP contribution in [-0.2, 0) is 9.84 Å². The molecule has 3 heterocycles. The summed E-state index contributed by atoms with van der Waals surface area (Å²) in [5.74, 6) is 0.858.